The Morgan fingerprint density at radius 3 is 2.74 bits per heavy atom. The number of anilines is 1. The second-order valence-corrected chi connectivity index (χ2v) is 7.41. The first-order valence-electron chi connectivity index (χ1n) is 9.24. The molecule has 0 saturated heterocycles. The highest BCUT2D eigenvalue weighted by Crippen LogP contribution is 2.31. The van der Waals surface area contributed by atoms with Crippen molar-refractivity contribution in [2.45, 2.75) is 37.8 Å². The predicted octanol–water partition coefficient (Wildman–Crippen LogP) is 4.68. The topological polar surface area (TPSA) is 66.7 Å². The third-order valence-corrected chi connectivity index (χ3v) is 5.03. The molecule has 1 aromatic carbocycles. The van der Waals surface area contributed by atoms with Crippen LogP contribution in [0.3, 0.4) is 0 Å². The Kier molecular flexibility index (Phi) is 6.63. The molecule has 1 saturated carbocycles. The molecule has 146 valence electrons. The maximum Gasteiger partial charge on any atom is 0.319 e. The van der Waals surface area contributed by atoms with E-state index in [4.69, 9.17) is 20.8 Å². The zero-order valence-corrected chi connectivity index (χ0v) is 16.5. The molecule has 0 bridgehead atoms. The highest BCUT2D eigenvalue weighted by atomic mass is 35.5. The van der Waals surface area contributed by atoms with E-state index in [1.54, 1.807) is 18.4 Å². The summed E-state index contributed by atoms with van der Waals surface area (Å²) < 4.78 is 11.4. The second kappa shape index (κ2) is 9.15. The van der Waals surface area contributed by atoms with E-state index < -0.39 is 0 Å². The lowest BCUT2D eigenvalue weighted by Crippen LogP contribution is -2.36. The highest BCUT2D eigenvalue weighted by molar-refractivity contribution is 6.32. The molecule has 1 atom stereocenters. The molecule has 2 amide bonds. The quantitative estimate of drug-likeness (QED) is 0.719. The minimum absolute atomic E-state index is 0.0449. The molecule has 6 nitrogen and oxygen atoms in total. The van der Waals surface area contributed by atoms with Crippen LogP contribution in [0.2, 0.25) is 5.02 Å². The molecule has 1 aliphatic rings. The largest absolute Gasteiger partial charge is 0.489 e. The summed E-state index contributed by atoms with van der Waals surface area (Å²) in [5.74, 6) is 1.47. The molecule has 1 aromatic heterocycles. The number of nitrogens with one attached hydrogen (secondary N) is 2. The van der Waals surface area contributed by atoms with Crippen molar-refractivity contribution in [2.24, 2.45) is 0 Å². The van der Waals surface area contributed by atoms with Crippen molar-refractivity contribution in [3.05, 3.63) is 47.4 Å². The Morgan fingerprint density at radius 1 is 1.33 bits per heavy atom. The summed E-state index contributed by atoms with van der Waals surface area (Å²) in [5, 5.41) is 6.17. The highest BCUT2D eigenvalue weighted by Gasteiger charge is 2.19. The van der Waals surface area contributed by atoms with Crippen LogP contribution >= 0.6 is 11.6 Å². The molecule has 2 N–H and O–H groups in total. The summed E-state index contributed by atoms with van der Waals surface area (Å²) in [4.78, 5) is 14.2. The number of halogens is 1. The molecule has 0 radical (unpaired) electrons. The predicted molar refractivity (Wildman–Crippen MR) is 106 cm³/mol. The lowest BCUT2D eigenvalue weighted by Gasteiger charge is -2.22. The average Bonchev–Trinajstić information content (AvgIpc) is 3.31. The molecule has 0 aliphatic heterocycles. The number of carbonyl (C=O) groups excluding carboxylic acids is 1. The molecule has 1 heterocycles. The van der Waals surface area contributed by atoms with E-state index in [1.165, 1.54) is 12.8 Å². The number of furan rings is 1. The fourth-order valence-electron chi connectivity index (χ4n) is 3.24. The maximum absolute atomic E-state index is 12.2. The van der Waals surface area contributed by atoms with Crippen molar-refractivity contribution in [2.75, 3.05) is 26.0 Å². The second-order valence-electron chi connectivity index (χ2n) is 7.00. The molecular formula is C20H26ClN3O3. The van der Waals surface area contributed by atoms with Gasteiger partial charge in [0.15, 0.2) is 0 Å². The summed E-state index contributed by atoms with van der Waals surface area (Å²) in [6, 6.07) is 8.70. The van der Waals surface area contributed by atoms with Gasteiger partial charge in [-0.3, -0.25) is 4.90 Å². The van der Waals surface area contributed by atoms with Gasteiger partial charge in [-0.05, 0) is 70.1 Å². The average molecular weight is 392 g/mol. The number of ether oxygens (including phenoxy) is 1. The van der Waals surface area contributed by atoms with Gasteiger partial charge >= 0.3 is 6.03 Å². The molecular weight excluding hydrogens is 366 g/mol. The molecule has 7 heteroatoms. The van der Waals surface area contributed by atoms with Crippen LogP contribution in [0.4, 0.5) is 10.5 Å². The van der Waals surface area contributed by atoms with E-state index in [1.807, 2.05) is 37.2 Å². The third kappa shape index (κ3) is 5.40. The number of rotatable bonds is 7. The van der Waals surface area contributed by atoms with E-state index >= 15 is 0 Å². The van der Waals surface area contributed by atoms with Crippen LogP contribution in [0.25, 0.3) is 0 Å². The Morgan fingerprint density at radius 2 is 2.11 bits per heavy atom. The van der Waals surface area contributed by atoms with Gasteiger partial charge in [0.05, 0.1) is 23.4 Å². The molecule has 1 aliphatic carbocycles. The standard InChI is InChI=1S/C20H26ClN3O3/c1-24(2)17(19-8-5-11-26-19)13-22-20(25)23-14-9-10-18(16(21)12-14)27-15-6-3-4-7-15/h5,8-12,15,17H,3-4,6-7,13H2,1-2H3,(H2,22,23,25). The molecule has 1 unspecified atom stereocenters. The lowest BCUT2D eigenvalue weighted by atomic mass is 10.2. The van der Waals surface area contributed by atoms with Crippen molar-refractivity contribution in [3.8, 4) is 5.75 Å². The van der Waals surface area contributed by atoms with E-state index in [9.17, 15) is 4.79 Å². The van der Waals surface area contributed by atoms with Crippen LogP contribution < -0.4 is 15.4 Å². The fourth-order valence-corrected chi connectivity index (χ4v) is 3.47. The van der Waals surface area contributed by atoms with Crippen molar-refractivity contribution in [3.63, 3.8) is 0 Å². The lowest BCUT2D eigenvalue weighted by molar-refractivity contribution is 0.210. The van der Waals surface area contributed by atoms with Crippen LogP contribution in [-0.2, 0) is 0 Å². The van der Waals surface area contributed by atoms with Gasteiger partial charge in [-0.1, -0.05) is 11.6 Å². The monoisotopic (exact) mass is 391 g/mol. The van der Waals surface area contributed by atoms with Crippen molar-refractivity contribution in [1.29, 1.82) is 0 Å². The number of hydrogen-bond acceptors (Lipinski definition) is 4. The van der Waals surface area contributed by atoms with Crippen LogP contribution in [-0.4, -0.2) is 37.7 Å². The van der Waals surface area contributed by atoms with Gasteiger partial charge in [0.1, 0.15) is 11.5 Å². The van der Waals surface area contributed by atoms with Gasteiger partial charge in [0.2, 0.25) is 0 Å². The minimum Gasteiger partial charge on any atom is -0.489 e. The Hall–Kier alpha value is -2.18. The van der Waals surface area contributed by atoms with E-state index in [0.717, 1.165) is 18.6 Å². The first-order valence-corrected chi connectivity index (χ1v) is 9.61. The van der Waals surface area contributed by atoms with E-state index in [-0.39, 0.29) is 18.2 Å². The Labute approximate surface area is 164 Å². The van der Waals surface area contributed by atoms with Gasteiger partial charge in [-0.2, -0.15) is 0 Å². The van der Waals surface area contributed by atoms with Crippen LogP contribution in [0.5, 0.6) is 5.75 Å². The molecule has 27 heavy (non-hydrogen) atoms. The van der Waals surface area contributed by atoms with Gasteiger partial charge in [0, 0.05) is 12.2 Å². The number of benzene rings is 1. The van der Waals surface area contributed by atoms with Crippen molar-refractivity contribution in [1.82, 2.24) is 10.2 Å². The van der Waals surface area contributed by atoms with Crippen LogP contribution in [0.15, 0.2) is 41.0 Å². The van der Waals surface area contributed by atoms with Gasteiger partial charge in [0.25, 0.3) is 0 Å². The number of hydrogen-bond donors (Lipinski definition) is 2. The zero-order chi connectivity index (χ0) is 19.2. The minimum atomic E-state index is -0.297. The molecule has 2 aromatic rings. The molecule has 0 spiro atoms. The maximum atomic E-state index is 12.2. The SMILES string of the molecule is CN(C)C(CNC(=O)Nc1ccc(OC2CCCC2)c(Cl)c1)c1ccco1. The van der Waals surface area contributed by atoms with Gasteiger partial charge in [-0.25, -0.2) is 4.79 Å². The van der Waals surface area contributed by atoms with Crippen molar-refractivity contribution >= 4 is 23.3 Å². The number of amides is 2. The summed E-state index contributed by atoms with van der Waals surface area (Å²) in [5.41, 5.74) is 0.621. The number of carbonyl (C=O) groups is 1. The third-order valence-electron chi connectivity index (χ3n) is 4.74. The van der Waals surface area contributed by atoms with Crippen LogP contribution in [0, 0.1) is 0 Å². The molecule has 3 rings (SSSR count). The van der Waals surface area contributed by atoms with Gasteiger partial charge < -0.3 is 19.8 Å². The van der Waals surface area contributed by atoms with E-state index in [2.05, 4.69) is 10.6 Å². The Balaban J connectivity index is 1.53. The smallest absolute Gasteiger partial charge is 0.319 e. The fraction of sp³-hybridized carbons (Fsp3) is 0.450. The normalized spacial score (nSPS) is 15.7. The number of urea groups is 1. The van der Waals surface area contributed by atoms with E-state index in [0.29, 0.717) is 23.0 Å². The summed E-state index contributed by atoms with van der Waals surface area (Å²) in [7, 11) is 3.88. The first kappa shape index (κ1) is 19.6. The van der Waals surface area contributed by atoms with Gasteiger partial charge in [-0.15, -0.1) is 0 Å². The summed E-state index contributed by atoms with van der Waals surface area (Å²) in [6.07, 6.45) is 6.42. The Bertz CT molecular complexity index is 743. The number of likely N-dealkylation sites (N-methyl/N-ethyl adjacent to an activating group) is 1. The first-order chi connectivity index (χ1) is 13.0. The van der Waals surface area contributed by atoms with Crippen LogP contribution in [0.1, 0.15) is 37.5 Å². The molecule has 1 fully saturated rings. The summed E-state index contributed by atoms with van der Waals surface area (Å²) in [6.45, 7) is 0.420. The van der Waals surface area contributed by atoms with Crippen molar-refractivity contribution < 1.29 is 13.9 Å². The zero-order valence-electron chi connectivity index (χ0n) is 15.7. The number of nitrogens with zero attached hydrogens (tertiary/aromatic N) is 1. The summed E-state index contributed by atoms with van der Waals surface area (Å²) >= 11 is 6.31.